The Hall–Kier alpha value is -2.69. The van der Waals surface area contributed by atoms with Crippen LogP contribution in [0.1, 0.15) is 47.2 Å². The number of carbonyl (C=O) groups is 2. The first-order chi connectivity index (χ1) is 12.0. The molecule has 1 saturated carbocycles. The summed E-state index contributed by atoms with van der Waals surface area (Å²) in [5.74, 6) is -1.57. The zero-order chi connectivity index (χ0) is 17.9. The lowest BCUT2D eigenvalue weighted by Crippen LogP contribution is -2.44. The SMILES string of the molecule is O=C(Cc1ccccc1C(=O)O)NC1(c2ccc(F)cc2)CCCC1. The number of aromatic carboxylic acids is 1. The van der Waals surface area contributed by atoms with E-state index in [2.05, 4.69) is 5.32 Å². The van der Waals surface area contributed by atoms with Crippen LogP contribution < -0.4 is 5.32 Å². The highest BCUT2D eigenvalue weighted by molar-refractivity contribution is 5.91. The van der Waals surface area contributed by atoms with Crippen molar-refractivity contribution in [1.82, 2.24) is 5.32 Å². The summed E-state index contributed by atoms with van der Waals surface area (Å²) in [7, 11) is 0. The molecule has 0 saturated heterocycles. The molecule has 1 aliphatic carbocycles. The molecule has 1 fully saturated rings. The van der Waals surface area contributed by atoms with E-state index in [1.165, 1.54) is 18.2 Å². The van der Waals surface area contributed by atoms with Crippen LogP contribution in [-0.4, -0.2) is 17.0 Å². The van der Waals surface area contributed by atoms with Gasteiger partial charge in [-0.1, -0.05) is 43.2 Å². The van der Waals surface area contributed by atoms with Crippen molar-refractivity contribution in [2.75, 3.05) is 0 Å². The lowest BCUT2D eigenvalue weighted by atomic mass is 9.87. The van der Waals surface area contributed by atoms with Gasteiger partial charge in [-0.25, -0.2) is 9.18 Å². The maximum absolute atomic E-state index is 13.2. The number of benzene rings is 2. The number of carboxylic acid groups (broad SMARTS) is 1. The Kier molecular flexibility index (Phi) is 4.83. The number of rotatable bonds is 5. The molecule has 2 N–H and O–H groups in total. The van der Waals surface area contributed by atoms with Gasteiger partial charge in [0.25, 0.3) is 0 Å². The first-order valence-electron chi connectivity index (χ1n) is 8.38. The van der Waals surface area contributed by atoms with Crippen molar-refractivity contribution in [3.05, 3.63) is 71.0 Å². The molecular weight excluding hydrogens is 321 g/mol. The van der Waals surface area contributed by atoms with Crippen molar-refractivity contribution in [1.29, 1.82) is 0 Å². The highest BCUT2D eigenvalue weighted by Crippen LogP contribution is 2.38. The average Bonchev–Trinajstić information content (AvgIpc) is 3.05. The summed E-state index contributed by atoms with van der Waals surface area (Å²) in [4.78, 5) is 23.9. The Labute approximate surface area is 145 Å². The Morgan fingerprint density at radius 1 is 1.04 bits per heavy atom. The number of hydrogen-bond donors (Lipinski definition) is 2. The van der Waals surface area contributed by atoms with E-state index >= 15 is 0 Å². The van der Waals surface area contributed by atoms with Gasteiger partial charge < -0.3 is 10.4 Å². The van der Waals surface area contributed by atoms with E-state index in [1.807, 2.05) is 0 Å². The molecule has 3 rings (SSSR count). The molecule has 0 spiro atoms. The van der Waals surface area contributed by atoms with Crippen molar-refractivity contribution in [3.63, 3.8) is 0 Å². The van der Waals surface area contributed by atoms with Gasteiger partial charge in [-0.3, -0.25) is 4.79 Å². The first kappa shape index (κ1) is 17.1. The van der Waals surface area contributed by atoms with Gasteiger partial charge in [0, 0.05) is 0 Å². The van der Waals surface area contributed by atoms with E-state index in [9.17, 15) is 19.1 Å². The normalized spacial score (nSPS) is 15.7. The van der Waals surface area contributed by atoms with Crippen LogP contribution in [0.25, 0.3) is 0 Å². The lowest BCUT2D eigenvalue weighted by molar-refractivity contribution is -0.122. The fraction of sp³-hybridized carbons (Fsp3) is 0.300. The second-order valence-corrected chi connectivity index (χ2v) is 6.48. The number of carbonyl (C=O) groups excluding carboxylic acids is 1. The second kappa shape index (κ2) is 7.05. The van der Waals surface area contributed by atoms with Crippen LogP contribution in [0, 0.1) is 5.82 Å². The van der Waals surface area contributed by atoms with Crippen molar-refractivity contribution >= 4 is 11.9 Å². The van der Waals surface area contributed by atoms with Gasteiger partial charge in [-0.15, -0.1) is 0 Å². The lowest BCUT2D eigenvalue weighted by Gasteiger charge is -2.31. The van der Waals surface area contributed by atoms with Crippen LogP contribution >= 0.6 is 0 Å². The fourth-order valence-corrected chi connectivity index (χ4v) is 3.60. The minimum atomic E-state index is -1.04. The van der Waals surface area contributed by atoms with Gasteiger partial charge in [-0.05, 0) is 42.2 Å². The van der Waals surface area contributed by atoms with Crippen molar-refractivity contribution in [2.24, 2.45) is 0 Å². The summed E-state index contributed by atoms with van der Waals surface area (Å²) in [6.07, 6.45) is 3.58. The average molecular weight is 341 g/mol. The van der Waals surface area contributed by atoms with Gasteiger partial charge in [0.05, 0.1) is 17.5 Å². The third-order valence-corrected chi connectivity index (χ3v) is 4.83. The van der Waals surface area contributed by atoms with E-state index in [4.69, 9.17) is 0 Å². The molecule has 1 amide bonds. The second-order valence-electron chi connectivity index (χ2n) is 6.48. The van der Waals surface area contributed by atoms with Crippen LogP contribution in [0.4, 0.5) is 4.39 Å². The smallest absolute Gasteiger partial charge is 0.335 e. The zero-order valence-corrected chi connectivity index (χ0v) is 13.8. The van der Waals surface area contributed by atoms with Gasteiger partial charge in [0.1, 0.15) is 5.82 Å². The Morgan fingerprint density at radius 2 is 1.68 bits per heavy atom. The van der Waals surface area contributed by atoms with Crippen LogP contribution in [0.5, 0.6) is 0 Å². The van der Waals surface area contributed by atoms with Crippen LogP contribution in [-0.2, 0) is 16.8 Å². The molecule has 1 aliphatic rings. The quantitative estimate of drug-likeness (QED) is 0.872. The predicted molar refractivity (Wildman–Crippen MR) is 91.8 cm³/mol. The summed E-state index contributed by atoms with van der Waals surface area (Å²) < 4.78 is 13.2. The largest absolute Gasteiger partial charge is 0.478 e. The molecule has 5 heteroatoms. The summed E-state index contributed by atoms with van der Waals surface area (Å²) in [6.45, 7) is 0. The van der Waals surface area contributed by atoms with E-state index < -0.39 is 11.5 Å². The summed E-state index contributed by atoms with van der Waals surface area (Å²) in [5, 5.41) is 12.3. The van der Waals surface area contributed by atoms with Crippen LogP contribution in [0.15, 0.2) is 48.5 Å². The fourth-order valence-electron chi connectivity index (χ4n) is 3.60. The van der Waals surface area contributed by atoms with Gasteiger partial charge in [0.15, 0.2) is 0 Å². The van der Waals surface area contributed by atoms with E-state index in [1.54, 1.807) is 30.3 Å². The molecule has 0 unspecified atom stereocenters. The molecule has 0 bridgehead atoms. The molecule has 130 valence electrons. The molecule has 0 heterocycles. The molecular formula is C20H20FNO3. The van der Waals surface area contributed by atoms with Crippen LogP contribution in [0.3, 0.4) is 0 Å². The summed E-state index contributed by atoms with van der Waals surface area (Å²) in [5.41, 5.74) is 1.02. The number of halogens is 1. The molecule has 2 aromatic rings. The number of hydrogen-bond acceptors (Lipinski definition) is 2. The van der Waals surface area contributed by atoms with Gasteiger partial charge in [-0.2, -0.15) is 0 Å². The highest BCUT2D eigenvalue weighted by atomic mass is 19.1. The standard InChI is InChI=1S/C20H20FNO3/c21-16-9-7-15(8-10-16)20(11-3-4-12-20)22-18(23)13-14-5-1-2-6-17(14)19(24)25/h1-2,5-10H,3-4,11-13H2,(H,22,23)(H,24,25). The topological polar surface area (TPSA) is 66.4 Å². The summed E-state index contributed by atoms with van der Waals surface area (Å²) in [6, 6.07) is 12.8. The van der Waals surface area contributed by atoms with Gasteiger partial charge >= 0.3 is 5.97 Å². The van der Waals surface area contributed by atoms with Gasteiger partial charge in [0.2, 0.25) is 5.91 Å². The number of nitrogens with one attached hydrogen (secondary N) is 1. The maximum atomic E-state index is 13.2. The van der Waals surface area contributed by atoms with Crippen molar-refractivity contribution < 1.29 is 19.1 Å². The maximum Gasteiger partial charge on any atom is 0.335 e. The Morgan fingerprint density at radius 3 is 2.32 bits per heavy atom. The Bertz CT molecular complexity index is 780. The zero-order valence-electron chi connectivity index (χ0n) is 13.8. The monoisotopic (exact) mass is 341 g/mol. The minimum absolute atomic E-state index is 0.00538. The van der Waals surface area contributed by atoms with E-state index in [0.29, 0.717) is 5.56 Å². The molecule has 25 heavy (non-hydrogen) atoms. The molecule has 0 radical (unpaired) electrons. The molecule has 0 aliphatic heterocycles. The van der Waals surface area contributed by atoms with E-state index in [0.717, 1.165) is 31.2 Å². The molecule has 0 aromatic heterocycles. The van der Waals surface area contributed by atoms with Crippen molar-refractivity contribution in [3.8, 4) is 0 Å². The number of carboxylic acids is 1. The minimum Gasteiger partial charge on any atom is -0.478 e. The molecule has 4 nitrogen and oxygen atoms in total. The predicted octanol–water partition coefficient (Wildman–Crippen LogP) is 3.65. The first-order valence-corrected chi connectivity index (χ1v) is 8.38. The Balaban J connectivity index is 1.80. The third-order valence-electron chi connectivity index (χ3n) is 4.83. The van der Waals surface area contributed by atoms with E-state index in [-0.39, 0.29) is 23.7 Å². The molecule has 0 atom stereocenters. The third kappa shape index (κ3) is 3.71. The number of amides is 1. The summed E-state index contributed by atoms with van der Waals surface area (Å²) >= 11 is 0. The molecule has 2 aromatic carbocycles. The highest BCUT2D eigenvalue weighted by Gasteiger charge is 2.37. The van der Waals surface area contributed by atoms with Crippen LogP contribution in [0.2, 0.25) is 0 Å². The van der Waals surface area contributed by atoms with Crippen molar-refractivity contribution in [2.45, 2.75) is 37.6 Å².